The van der Waals surface area contributed by atoms with Crippen LogP contribution in [0.3, 0.4) is 0 Å². The molecule has 0 aromatic rings. The van der Waals surface area contributed by atoms with E-state index in [1.54, 1.807) is 11.8 Å². The van der Waals surface area contributed by atoms with Gasteiger partial charge in [0, 0.05) is 23.3 Å². The molecule has 2 atom stereocenters. The van der Waals surface area contributed by atoms with E-state index in [1.807, 2.05) is 20.1 Å². The minimum atomic E-state index is -0.493. The Balaban J connectivity index is 4.02. The minimum Gasteiger partial charge on any atom is -0.396 e. The Hall–Kier alpha value is 0.190. The Morgan fingerprint density at radius 3 is 2.13 bits per heavy atom. The highest BCUT2D eigenvalue weighted by Crippen LogP contribution is 2.15. The van der Waals surface area contributed by atoms with Gasteiger partial charge in [-0.05, 0) is 13.2 Å². The molecular formula is C10H23NO3S. The van der Waals surface area contributed by atoms with Crippen molar-refractivity contribution in [3.05, 3.63) is 0 Å². The lowest BCUT2D eigenvalue weighted by atomic mass is 9.92. The lowest BCUT2D eigenvalue weighted by molar-refractivity contribution is 0.0672. The van der Waals surface area contributed by atoms with Crippen LogP contribution in [-0.4, -0.2) is 59.2 Å². The van der Waals surface area contributed by atoms with Crippen LogP contribution in [0.4, 0.5) is 0 Å². The molecule has 2 unspecified atom stereocenters. The lowest BCUT2D eigenvalue weighted by Crippen LogP contribution is -2.45. The molecule has 0 bridgehead atoms. The maximum atomic E-state index is 9.10. The first-order valence-electron chi connectivity index (χ1n) is 5.11. The van der Waals surface area contributed by atoms with Crippen molar-refractivity contribution in [2.45, 2.75) is 25.1 Å². The van der Waals surface area contributed by atoms with E-state index in [4.69, 9.17) is 15.3 Å². The summed E-state index contributed by atoms with van der Waals surface area (Å²) in [7, 11) is 0. The van der Waals surface area contributed by atoms with Gasteiger partial charge in [0.15, 0.2) is 0 Å². The second-order valence-corrected chi connectivity index (χ2v) is 5.33. The molecule has 0 fully saturated rings. The van der Waals surface area contributed by atoms with Gasteiger partial charge in [0.1, 0.15) is 0 Å². The van der Waals surface area contributed by atoms with Crippen molar-refractivity contribution >= 4 is 11.8 Å². The first kappa shape index (κ1) is 15.2. The van der Waals surface area contributed by atoms with Gasteiger partial charge >= 0.3 is 0 Å². The second-order valence-electron chi connectivity index (χ2n) is 4.25. The first-order chi connectivity index (χ1) is 7.02. The van der Waals surface area contributed by atoms with Crippen molar-refractivity contribution in [3.8, 4) is 0 Å². The van der Waals surface area contributed by atoms with Gasteiger partial charge in [-0.2, -0.15) is 11.8 Å². The number of aliphatic hydroxyl groups excluding tert-OH is 3. The molecule has 4 N–H and O–H groups in total. The van der Waals surface area contributed by atoms with Crippen LogP contribution in [0.2, 0.25) is 0 Å². The Labute approximate surface area is 96.1 Å². The number of nitrogens with one attached hydrogen (secondary N) is 1. The van der Waals surface area contributed by atoms with E-state index in [0.717, 1.165) is 0 Å². The molecule has 0 aromatic carbocycles. The highest BCUT2D eigenvalue weighted by atomic mass is 32.2. The van der Waals surface area contributed by atoms with E-state index in [-0.39, 0.29) is 31.1 Å². The zero-order chi connectivity index (χ0) is 11.9. The molecule has 0 amide bonds. The number of hydrogen-bond donors (Lipinski definition) is 4. The van der Waals surface area contributed by atoms with Crippen molar-refractivity contribution in [1.29, 1.82) is 0 Å². The fourth-order valence-corrected chi connectivity index (χ4v) is 1.79. The van der Waals surface area contributed by atoms with E-state index >= 15 is 0 Å². The zero-order valence-corrected chi connectivity index (χ0v) is 10.5. The van der Waals surface area contributed by atoms with E-state index in [2.05, 4.69) is 5.32 Å². The van der Waals surface area contributed by atoms with Crippen molar-refractivity contribution < 1.29 is 15.3 Å². The van der Waals surface area contributed by atoms with Crippen LogP contribution >= 0.6 is 11.8 Å². The fourth-order valence-electron chi connectivity index (χ4n) is 1.14. The summed E-state index contributed by atoms with van der Waals surface area (Å²) in [5.74, 6) is 0. The molecule has 0 spiro atoms. The third-order valence-electron chi connectivity index (χ3n) is 2.65. The molecule has 0 aliphatic heterocycles. The Morgan fingerprint density at radius 1 is 1.27 bits per heavy atom. The molecule has 0 saturated heterocycles. The molecule has 0 aromatic heterocycles. The molecular weight excluding hydrogens is 214 g/mol. The SMILES string of the molecule is CSC(CO)C(C)NCC(C)(CO)CO. The molecule has 92 valence electrons. The molecule has 0 aliphatic carbocycles. The van der Waals surface area contributed by atoms with E-state index < -0.39 is 5.41 Å². The van der Waals surface area contributed by atoms with Crippen LogP contribution in [0.5, 0.6) is 0 Å². The number of aliphatic hydroxyl groups is 3. The Kier molecular flexibility index (Phi) is 7.56. The van der Waals surface area contributed by atoms with Crippen LogP contribution in [0, 0.1) is 5.41 Å². The Morgan fingerprint density at radius 2 is 1.80 bits per heavy atom. The minimum absolute atomic E-state index is 0.0493. The quantitative estimate of drug-likeness (QED) is 0.466. The predicted octanol–water partition coefficient (Wildman–Crippen LogP) is -0.321. The van der Waals surface area contributed by atoms with E-state index in [9.17, 15) is 0 Å². The van der Waals surface area contributed by atoms with Crippen LogP contribution in [0.25, 0.3) is 0 Å². The van der Waals surface area contributed by atoms with E-state index in [1.165, 1.54) is 0 Å². The summed E-state index contributed by atoms with van der Waals surface area (Å²) in [5.41, 5.74) is -0.493. The lowest BCUT2D eigenvalue weighted by Gasteiger charge is -2.29. The number of rotatable bonds is 8. The molecule has 0 heterocycles. The van der Waals surface area contributed by atoms with E-state index in [0.29, 0.717) is 6.54 Å². The van der Waals surface area contributed by atoms with Crippen molar-refractivity contribution in [1.82, 2.24) is 5.32 Å². The Bertz CT molecular complexity index is 161. The van der Waals surface area contributed by atoms with Crippen LogP contribution in [-0.2, 0) is 0 Å². The largest absolute Gasteiger partial charge is 0.396 e. The summed E-state index contributed by atoms with van der Waals surface area (Å²) in [6.07, 6.45) is 1.95. The molecule has 0 saturated carbocycles. The number of hydrogen-bond acceptors (Lipinski definition) is 5. The van der Waals surface area contributed by atoms with Gasteiger partial charge in [0.05, 0.1) is 19.8 Å². The average Bonchev–Trinajstić information content (AvgIpc) is 2.27. The van der Waals surface area contributed by atoms with Gasteiger partial charge in [-0.3, -0.25) is 0 Å². The van der Waals surface area contributed by atoms with Gasteiger partial charge in [0.2, 0.25) is 0 Å². The van der Waals surface area contributed by atoms with Gasteiger partial charge in [-0.1, -0.05) is 6.92 Å². The van der Waals surface area contributed by atoms with Crippen LogP contribution < -0.4 is 5.32 Å². The summed E-state index contributed by atoms with van der Waals surface area (Å²) in [6, 6.07) is 0.155. The molecule has 5 heteroatoms. The summed E-state index contributed by atoms with van der Waals surface area (Å²) in [5, 5.41) is 30.6. The average molecular weight is 237 g/mol. The van der Waals surface area contributed by atoms with Crippen LogP contribution in [0.1, 0.15) is 13.8 Å². The third-order valence-corrected chi connectivity index (χ3v) is 3.82. The monoisotopic (exact) mass is 237 g/mol. The highest BCUT2D eigenvalue weighted by Gasteiger charge is 2.24. The molecule has 15 heavy (non-hydrogen) atoms. The van der Waals surface area contributed by atoms with Gasteiger partial charge < -0.3 is 20.6 Å². The van der Waals surface area contributed by atoms with Gasteiger partial charge in [0.25, 0.3) is 0 Å². The zero-order valence-electron chi connectivity index (χ0n) is 9.73. The molecule has 0 rings (SSSR count). The van der Waals surface area contributed by atoms with Crippen LogP contribution in [0.15, 0.2) is 0 Å². The van der Waals surface area contributed by atoms with Gasteiger partial charge in [-0.15, -0.1) is 0 Å². The first-order valence-corrected chi connectivity index (χ1v) is 6.40. The summed E-state index contributed by atoms with van der Waals surface area (Å²) >= 11 is 1.61. The molecule has 0 aliphatic rings. The maximum absolute atomic E-state index is 9.10. The normalized spacial score (nSPS) is 16.4. The third kappa shape index (κ3) is 5.17. The maximum Gasteiger partial charge on any atom is 0.0564 e. The highest BCUT2D eigenvalue weighted by molar-refractivity contribution is 7.99. The molecule has 0 radical (unpaired) electrons. The number of thioether (sulfide) groups is 1. The van der Waals surface area contributed by atoms with Gasteiger partial charge in [-0.25, -0.2) is 0 Å². The van der Waals surface area contributed by atoms with Crippen molar-refractivity contribution in [2.75, 3.05) is 32.6 Å². The summed E-state index contributed by atoms with van der Waals surface area (Å²) in [4.78, 5) is 0. The second kappa shape index (κ2) is 7.46. The van der Waals surface area contributed by atoms with Crippen molar-refractivity contribution in [2.24, 2.45) is 5.41 Å². The summed E-state index contributed by atoms with van der Waals surface area (Å²) in [6.45, 7) is 4.38. The topological polar surface area (TPSA) is 72.7 Å². The molecule has 4 nitrogen and oxygen atoms in total. The standard InChI is InChI=1S/C10H23NO3S/c1-8(9(4-12)15-3)11-5-10(2,6-13)7-14/h8-9,11-14H,4-7H2,1-3H3. The van der Waals surface area contributed by atoms with Crippen molar-refractivity contribution in [3.63, 3.8) is 0 Å². The summed E-state index contributed by atoms with van der Waals surface area (Å²) < 4.78 is 0. The fraction of sp³-hybridized carbons (Fsp3) is 1.00. The smallest absolute Gasteiger partial charge is 0.0564 e. The predicted molar refractivity (Wildman–Crippen MR) is 64.1 cm³/mol.